The van der Waals surface area contributed by atoms with Crippen LogP contribution in [0.25, 0.3) is 0 Å². The smallest absolute Gasteiger partial charge is 0.399 e. The number of carbonyl (C=O) groups is 1. The van der Waals surface area contributed by atoms with Crippen molar-refractivity contribution in [1.29, 1.82) is 0 Å². The van der Waals surface area contributed by atoms with Gasteiger partial charge >= 0.3 is 7.12 Å². The molecule has 0 N–H and O–H groups in total. The van der Waals surface area contributed by atoms with Gasteiger partial charge in [-0.2, -0.15) is 0 Å². The SMILES string of the molecule is CCN(C)C(=O)c1ccc(B2OC(C)(C)C(C)(C)O2)cc1F. The maximum Gasteiger partial charge on any atom is 0.494 e. The second-order valence-corrected chi connectivity index (χ2v) is 6.65. The topological polar surface area (TPSA) is 38.8 Å². The Bertz CT molecular complexity index is 573. The van der Waals surface area contributed by atoms with Crippen molar-refractivity contribution in [1.82, 2.24) is 4.90 Å². The number of benzene rings is 1. The van der Waals surface area contributed by atoms with E-state index in [1.54, 1.807) is 13.1 Å². The van der Waals surface area contributed by atoms with Gasteiger partial charge in [-0.3, -0.25) is 4.79 Å². The van der Waals surface area contributed by atoms with E-state index in [1.807, 2.05) is 34.6 Å². The van der Waals surface area contributed by atoms with E-state index in [0.717, 1.165) is 0 Å². The molecule has 1 heterocycles. The minimum absolute atomic E-state index is 0.0598. The highest BCUT2D eigenvalue weighted by Crippen LogP contribution is 2.36. The second kappa shape index (κ2) is 5.67. The summed E-state index contributed by atoms with van der Waals surface area (Å²) >= 11 is 0. The van der Waals surface area contributed by atoms with Crippen molar-refractivity contribution in [3.63, 3.8) is 0 Å². The largest absolute Gasteiger partial charge is 0.494 e. The molecule has 1 fully saturated rings. The zero-order valence-electron chi connectivity index (χ0n) is 14.1. The fourth-order valence-corrected chi connectivity index (χ4v) is 2.18. The molecule has 1 aromatic rings. The first-order chi connectivity index (χ1) is 10.1. The van der Waals surface area contributed by atoms with Gasteiger partial charge in [-0.15, -0.1) is 0 Å². The summed E-state index contributed by atoms with van der Waals surface area (Å²) in [4.78, 5) is 13.5. The minimum Gasteiger partial charge on any atom is -0.399 e. The van der Waals surface area contributed by atoms with Gasteiger partial charge in [0.2, 0.25) is 0 Å². The first-order valence-electron chi connectivity index (χ1n) is 7.49. The molecule has 0 bridgehead atoms. The maximum atomic E-state index is 14.3. The lowest BCUT2D eigenvalue weighted by atomic mass is 9.78. The highest BCUT2D eigenvalue weighted by molar-refractivity contribution is 6.62. The zero-order valence-corrected chi connectivity index (χ0v) is 14.1. The van der Waals surface area contributed by atoms with E-state index in [-0.39, 0.29) is 11.5 Å². The summed E-state index contributed by atoms with van der Waals surface area (Å²) in [6.45, 7) is 10.1. The Hall–Kier alpha value is -1.40. The molecule has 1 aliphatic heterocycles. The van der Waals surface area contributed by atoms with Gasteiger partial charge in [0.1, 0.15) is 5.82 Å². The molecule has 2 rings (SSSR count). The molecule has 1 aliphatic rings. The van der Waals surface area contributed by atoms with Crippen molar-refractivity contribution < 1.29 is 18.5 Å². The van der Waals surface area contributed by atoms with Crippen LogP contribution in [0.1, 0.15) is 45.0 Å². The van der Waals surface area contributed by atoms with Crippen LogP contribution in [-0.4, -0.2) is 42.7 Å². The van der Waals surface area contributed by atoms with E-state index in [9.17, 15) is 9.18 Å². The van der Waals surface area contributed by atoms with Crippen molar-refractivity contribution in [2.24, 2.45) is 0 Å². The van der Waals surface area contributed by atoms with E-state index in [4.69, 9.17) is 9.31 Å². The van der Waals surface area contributed by atoms with Crippen LogP contribution in [0.4, 0.5) is 4.39 Å². The van der Waals surface area contributed by atoms with Gasteiger partial charge in [-0.25, -0.2) is 4.39 Å². The fourth-order valence-electron chi connectivity index (χ4n) is 2.18. The van der Waals surface area contributed by atoms with Crippen LogP contribution >= 0.6 is 0 Å². The summed E-state index contributed by atoms with van der Waals surface area (Å²) < 4.78 is 26.1. The number of hydrogen-bond acceptors (Lipinski definition) is 3. The molecular weight excluding hydrogens is 284 g/mol. The van der Waals surface area contributed by atoms with Gasteiger partial charge in [0.05, 0.1) is 16.8 Å². The van der Waals surface area contributed by atoms with E-state index in [2.05, 4.69) is 0 Å². The Morgan fingerprint density at radius 3 is 2.23 bits per heavy atom. The fraction of sp³-hybridized carbons (Fsp3) is 0.562. The highest BCUT2D eigenvalue weighted by atomic mass is 19.1. The monoisotopic (exact) mass is 307 g/mol. The van der Waals surface area contributed by atoms with Crippen LogP contribution in [0, 0.1) is 5.82 Å². The second-order valence-electron chi connectivity index (χ2n) is 6.65. The Kier molecular flexibility index (Phi) is 4.37. The Morgan fingerprint density at radius 1 is 1.23 bits per heavy atom. The molecule has 0 saturated carbocycles. The molecule has 1 saturated heterocycles. The predicted molar refractivity (Wildman–Crippen MR) is 84.8 cm³/mol. The first kappa shape index (κ1) is 17.0. The molecule has 0 atom stereocenters. The normalized spacial score (nSPS) is 19.3. The molecule has 0 spiro atoms. The molecule has 6 heteroatoms. The third-order valence-electron chi connectivity index (χ3n) is 4.57. The molecule has 0 radical (unpaired) electrons. The van der Waals surface area contributed by atoms with Gasteiger partial charge in [-0.1, -0.05) is 6.07 Å². The maximum absolute atomic E-state index is 14.3. The third-order valence-corrected chi connectivity index (χ3v) is 4.57. The average molecular weight is 307 g/mol. The molecule has 22 heavy (non-hydrogen) atoms. The third kappa shape index (κ3) is 2.90. The number of rotatable bonds is 3. The van der Waals surface area contributed by atoms with Crippen molar-refractivity contribution >= 4 is 18.5 Å². The van der Waals surface area contributed by atoms with Crippen LogP contribution < -0.4 is 5.46 Å². The summed E-state index contributed by atoms with van der Waals surface area (Å²) in [6, 6.07) is 4.49. The number of hydrogen-bond donors (Lipinski definition) is 0. The summed E-state index contributed by atoms with van der Waals surface area (Å²) in [5.41, 5.74) is -0.327. The Labute approximate surface area is 131 Å². The summed E-state index contributed by atoms with van der Waals surface area (Å²) in [5, 5.41) is 0. The van der Waals surface area contributed by atoms with Crippen molar-refractivity contribution in [3.05, 3.63) is 29.6 Å². The summed E-state index contributed by atoms with van der Waals surface area (Å²) in [5.74, 6) is -0.891. The van der Waals surface area contributed by atoms with Crippen molar-refractivity contribution in [2.75, 3.05) is 13.6 Å². The predicted octanol–water partition coefficient (Wildman–Crippen LogP) is 2.22. The van der Waals surface area contributed by atoms with Crippen LogP contribution in [0.3, 0.4) is 0 Å². The quantitative estimate of drug-likeness (QED) is 0.804. The molecule has 1 aromatic carbocycles. The van der Waals surface area contributed by atoms with E-state index in [0.29, 0.717) is 12.0 Å². The lowest BCUT2D eigenvalue weighted by molar-refractivity contribution is 0.00578. The Balaban J connectivity index is 2.26. The van der Waals surface area contributed by atoms with Crippen LogP contribution in [0.15, 0.2) is 18.2 Å². The zero-order chi connectivity index (χ0) is 16.7. The molecule has 1 amide bonds. The molecule has 120 valence electrons. The molecule has 4 nitrogen and oxygen atoms in total. The Morgan fingerprint density at radius 2 is 1.77 bits per heavy atom. The van der Waals surface area contributed by atoms with E-state index in [1.165, 1.54) is 17.0 Å². The molecular formula is C16H23BFNO3. The van der Waals surface area contributed by atoms with E-state index >= 15 is 0 Å². The van der Waals surface area contributed by atoms with Gasteiger partial charge in [0.25, 0.3) is 5.91 Å². The van der Waals surface area contributed by atoms with Crippen LogP contribution in [-0.2, 0) is 9.31 Å². The number of halogens is 1. The number of carbonyl (C=O) groups excluding carboxylic acids is 1. The number of nitrogens with zero attached hydrogens (tertiary/aromatic N) is 1. The van der Waals surface area contributed by atoms with Gasteiger partial charge in [-0.05, 0) is 52.2 Å². The highest BCUT2D eigenvalue weighted by Gasteiger charge is 2.51. The summed E-state index contributed by atoms with van der Waals surface area (Å²) in [7, 11) is 1.01. The first-order valence-corrected chi connectivity index (χ1v) is 7.49. The van der Waals surface area contributed by atoms with Crippen molar-refractivity contribution in [2.45, 2.75) is 45.8 Å². The van der Waals surface area contributed by atoms with Gasteiger partial charge in [0, 0.05) is 13.6 Å². The molecule has 0 aliphatic carbocycles. The number of amides is 1. The van der Waals surface area contributed by atoms with Gasteiger partial charge < -0.3 is 14.2 Å². The molecule has 0 aromatic heterocycles. The average Bonchev–Trinajstić information content (AvgIpc) is 2.65. The summed E-state index contributed by atoms with van der Waals surface area (Å²) in [6.07, 6.45) is 0. The van der Waals surface area contributed by atoms with Crippen molar-refractivity contribution in [3.8, 4) is 0 Å². The van der Waals surface area contributed by atoms with E-state index < -0.39 is 24.1 Å². The standard InChI is InChI=1S/C16H23BFNO3/c1-7-19(6)14(20)12-9-8-11(10-13(12)18)17-21-15(2,3)16(4,5)22-17/h8-10H,7H2,1-6H3. The van der Waals surface area contributed by atoms with Crippen LogP contribution in [0.5, 0.6) is 0 Å². The van der Waals surface area contributed by atoms with Gasteiger partial charge in [0.15, 0.2) is 0 Å². The lowest BCUT2D eigenvalue weighted by Crippen LogP contribution is -2.41. The van der Waals surface area contributed by atoms with Crippen LogP contribution in [0.2, 0.25) is 0 Å². The lowest BCUT2D eigenvalue weighted by Gasteiger charge is -2.32. The molecule has 0 unspecified atom stereocenters. The minimum atomic E-state index is -0.632.